The van der Waals surface area contributed by atoms with E-state index in [0.717, 1.165) is 0 Å². The van der Waals surface area contributed by atoms with Gasteiger partial charge in [0.05, 0.1) is 0 Å². The minimum atomic E-state index is -0.207. The number of nitrogens with zero attached hydrogens (tertiary/aromatic N) is 6. The predicted molar refractivity (Wildman–Crippen MR) is 85.5 cm³/mol. The molecule has 12 heteroatoms. The Balaban J connectivity index is 0.000000141. The maximum atomic E-state index is 11.2. The van der Waals surface area contributed by atoms with Crippen molar-refractivity contribution in [3.63, 3.8) is 0 Å². The smallest absolute Gasteiger partial charge is 0.274 e. The molecular formula is C12H14N10O2. The van der Waals surface area contributed by atoms with E-state index in [1.165, 1.54) is 21.2 Å². The maximum Gasteiger partial charge on any atom is 0.274 e. The lowest BCUT2D eigenvalue weighted by molar-refractivity contribution is 0.893. The summed E-state index contributed by atoms with van der Waals surface area (Å²) >= 11 is 0. The molecule has 12 nitrogen and oxygen atoms in total. The lowest BCUT2D eigenvalue weighted by Gasteiger charge is -1.90. The number of hydrogen-bond acceptors (Lipinski definition) is 8. The van der Waals surface area contributed by atoms with Crippen LogP contribution in [0.4, 0.5) is 11.9 Å². The van der Waals surface area contributed by atoms with Gasteiger partial charge in [0.1, 0.15) is 0 Å². The first kappa shape index (κ1) is 15.2. The van der Waals surface area contributed by atoms with Gasteiger partial charge in [0.25, 0.3) is 22.7 Å². The molecule has 124 valence electrons. The van der Waals surface area contributed by atoms with Gasteiger partial charge < -0.3 is 11.5 Å². The van der Waals surface area contributed by atoms with E-state index in [-0.39, 0.29) is 23.0 Å². The van der Waals surface area contributed by atoms with E-state index < -0.39 is 0 Å². The summed E-state index contributed by atoms with van der Waals surface area (Å²) in [5, 5.41) is 5.12. The molecule has 0 saturated carbocycles. The van der Waals surface area contributed by atoms with Gasteiger partial charge in [-0.15, -0.1) is 0 Å². The Morgan fingerprint density at radius 3 is 1.54 bits per heavy atom. The molecule has 0 unspecified atom stereocenters. The molecule has 0 saturated heterocycles. The molecule has 24 heavy (non-hydrogen) atoms. The summed E-state index contributed by atoms with van der Waals surface area (Å²) in [7, 11) is 0. The zero-order valence-electron chi connectivity index (χ0n) is 12.8. The van der Waals surface area contributed by atoms with Crippen LogP contribution in [0.2, 0.25) is 0 Å². The Hall–Kier alpha value is -3.70. The molecule has 4 aromatic heterocycles. The van der Waals surface area contributed by atoms with Gasteiger partial charge >= 0.3 is 0 Å². The monoisotopic (exact) mass is 330 g/mol. The lowest BCUT2D eigenvalue weighted by Crippen LogP contribution is -2.14. The van der Waals surface area contributed by atoms with Crippen LogP contribution in [0.15, 0.2) is 21.7 Å². The van der Waals surface area contributed by atoms with Crippen LogP contribution in [-0.4, -0.2) is 39.2 Å². The fourth-order valence-electron chi connectivity index (χ4n) is 2.02. The summed E-state index contributed by atoms with van der Waals surface area (Å²) in [6, 6.07) is 2.81. The van der Waals surface area contributed by atoms with Crippen LogP contribution in [0.5, 0.6) is 0 Å². The highest BCUT2D eigenvalue weighted by Gasteiger charge is 2.03. The molecule has 4 rings (SSSR count). The van der Waals surface area contributed by atoms with Crippen molar-refractivity contribution in [3.8, 4) is 0 Å². The standard InChI is InChI=1S/2C6H7N5O/c2*1-3-2-4(12)11-6(8-3)9-5(7)10-11/h2*2H,1H3,(H3,7,8,9,10). The average molecular weight is 330 g/mol. The second-order valence-electron chi connectivity index (χ2n) is 4.96. The van der Waals surface area contributed by atoms with E-state index in [4.69, 9.17) is 11.5 Å². The molecule has 4 heterocycles. The molecular weight excluding hydrogens is 316 g/mol. The van der Waals surface area contributed by atoms with Crippen molar-refractivity contribution in [2.24, 2.45) is 0 Å². The van der Waals surface area contributed by atoms with Crippen LogP contribution in [0, 0.1) is 13.8 Å². The fraction of sp³-hybridized carbons (Fsp3) is 0.167. The highest BCUT2D eigenvalue weighted by molar-refractivity contribution is 5.34. The maximum absolute atomic E-state index is 11.2. The Morgan fingerprint density at radius 2 is 1.17 bits per heavy atom. The summed E-state index contributed by atoms with van der Waals surface area (Å²) in [5.41, 5.74) is 11.5. The number of nitrogens with two attached hydrogens (primary N) is 2. The number of hydrogen-bond donors (Lipinski definition) is 4. The minimum Gasteiger partial charge on any atom is -0.368 e. The Kier molecular flexibility index (Phi) is 3.48. The van der Waals surface area contributed by atoms with Gasteiger partial charge in [0, 0.05) is 23.5 Å². The molecule has 0 aromatic carbocycles. The number of nitrogen functional groups attached to an aromatic ring is 2. The first-order valence-electron chi connectivity index (χ1n) is 6.77. The molecule has 6 N–H and O–H groups in total. The topological polar surface area (TPSA) is 178 Å². The van der Waals surface area contributed by atoms with Crippen LogP contribution < -0.4 is 22.6 Å². The van der Waals surface area contributed by atoms with E-state index in [2.05, 4.69) is 30.1 Å². The Morgan fingerprint density at radius 1 is 0.792 bits per heavy atom. The summed E-state index contributed by atoms with van der Waals surface area (Å²) in [5.74, 6) is 0.977. The quantitative estimate of drug-likeness (QED) is 0.304. The van der Waals surface area contributed by atoms with Crippen molar-refractivity contribution in [2.75, 3.05) is 11.5 Å². The second-order valence-corrected chi connectivity index (χ2v) is 4.96. The number of aromatic amines is 2. The highest BCUT2D eigenvalue weighted by Crippen LogP contribution is 1.96. The van der Waals surface area contributed by atoms with Gasteiger partial charge in [-0.05, 0) is 13.8 Å². The average Bonchev–Trinajstić information content (AvgIpc) is 3.01. The molecule has 4 aromatic rings. The molecule has 0 atom stereocenters. The lowest BCUT2D eigenvalue weighted by atomic mass is 10.5. The SMILES string of the molecule is Cc1cc(=O)n2[nH]c(N)nc2n1.Cc1cc(=O)n2[nH]c(N)nc2n1. The van der Waals surface area contributed by atoms with E-state index in [1.54, 1.807) is 13.8 Å². The van der Waals surface area contributed by atoms with Crippen molar-refractivity contribution in [1.82, 2.24) is 39.2 Å². The van der Waals surface area contributed by atoms with Crippen LogP contribution in [-0.2, 0) is 0 Å². The third-order valence-corrected chi connectivity index (χ3v) is 2.95. The first-order valence-corrected chi connectivity index (χ1v) is 6.77. The van der Waals surface area contributed by atoms with Crippen LogP contribution in [0.3, 0.4) is 0 Å². The van der Waals surface area contributed by atoms with Crippen LogP contribution >= 0.6 is 0 Å². The third-order valence-electron chi connectivity index (χ3n) is 2.95. The number of anilines is 2. The van der Waals surface area contributed by atoms with Gasteiger partial charge in [0.2, 0.25) is 11.9 Å². The molecule has 0 aliphatic carbocycles. The van der Waals surface area contributed by atoms with Crippen molar-refractivity contribution in [2.45, 2.75) is 13.8 Å². The first-order chi connectivity index (χ1) is 11.3. The molecule has 0 bridgehead atoms. The van der Waals surface area contributed by atoms with Gasteiger partial charge in [0.15, 0.2) is 0 Å². The van der Waals surface area contributed by atoms with E-state index in [0.29, 0.717) is 22.9 Å². The van der Waals surface area contributed by atoms with Crippen LogP contribution in [0.25, 0.3) is 11.6 Å². The van der Waals surface area contributed by atoms with Gasteiger partial charge in [-0.3, -0.25) is 19.8 Å². The molecule has 0 amide bonds. The normalized spacial score (nSPS) is 10.8. The van der Waals surface area contributed by atoms with Gasteiger partial charge in [-0.25, -0.2) is 9.97 Å². The largest absolute Gasteiger partial charge is 0.368 e. The van der Waals surface area contributed by atoms with Crippen molar-refractivity contribution in [3.05, 3.63) is 44.2 Å². The molecule has 0 aliphatic heterocycles. The summed E-state index contributed by atoms with van der Waals surface area (Å²) in [6.45, 7) is 3.46. The van der Waals surface area contributed by atoms with E-state index in [9.17, 15) is 9.59 Å². The van der Waals surface area contributed by atoms with Crippen molar-refractivity contribution < 1.29 is 0 Å². The Labute approximate surface area is 133 Å². The van der Waals surface area contributed by atoms with Crippen molar-refractivity contribution in [1.29, 1.82) is 0 Å². The molecule has 0 fully saturated rings. The number of rotatable bonds is 0. The van der Waals surface area contributed by atoms with Crippen LogP contribution in [0.1, 0.15) is 11.4 Å². The molecule has 0 radical (unpaired) electrons. The number of H-pyrrole nitrogens is 2. The number of nitrogens with one attached hydrogen (secondary N) is 2. The predicted octanol–water partition coefficient (Wildman–Crippen LogP) is -1.38. The van der Waals surface area contributed by atoms with E-state index in [1.807, 2.05) is 0 Å². The van der Waals surface area contributed by atoms with Gasteiger partial charge in [-0.2, -0.15) is 19.0 Å². The van der Waals surface area contributed by atoms with E-state index >= 15 is 0 Å². The molecule has 0 spiro atoms. The fourth-order valence-corrected chi connectivity index (χ4v) is 2.02. The zero-order valence-corrected chi connectivity index (χ0v) is 12.8. The third kappa shape index (κ3) is 2.79. The highest BCUT2D eigenvalue weighted by atomic mass is 16.1. The Bertz CT molecular complexity index is 1060. The minimum absolute atomic E-state index is 0.185. The number of aryl methyl sites for hydroxylation is 2. The van der Waals surface area contributed by atoms with Crippen molar-refractivity contribution >= 4 is 23.5 Å². The second kappa shape index (κ2) is 5.49. The zero-order chi connectivity index (χ0) is 17.4. The number of aromatic nitrogens is 8. The molecule has 0 aliphatic rings. The van der Waals surface area contributed by atoms with Gasteiger partial charge in [-0.1, -0.05) is 0 Å². The summed E-state index contributed by atoms with van der Waals surface area (Å²) < 4.78 is 2.39. The summed E-state index contributed by atoms with van der Waals surface area (Å²) in [4.78, 5) is 38.0. The summed E-state index contributed by atoms with van der Waals surface area (Å²) in [6.07, 6.45) is 0. The number of fused-ring (bicyclic) bond motifs is 2.